The van der Waals surface area contributed by atoms with Crippen molar-refractivity contribution in [1.82, 2.24) is 0 Å². The van der Waals surface area contributed by atoms with Gasteiger partial charge in [0.1, 0.15) is 23.2 Å². The highest BCUT2D eigenvalue weighted by Crippen LogP contribution is 2.42. The van der Waals surface area contributed by atoms with E-state index in [1.54, 1.807) is 6.92 Å². The molecular weight excluding hydrogens is 323 g/mol. The molecule has 2 rings (SSSR count). The highest BCUT2D eigenvalue weighted by molar-refractivity contribution is 6.31. The fraction of sp³-hybridized carbons (Fsp3) is 0.250. The highest BCUT2D eigenvalue weighted by Gasteiger charge is 2.37. The molecule has 5 nitrogen and oxygen atoms in total. The van der Waals surface area contributed by atoms with Gasteiger partial charge in [-0.2, -0.15) is 5.26 Å². The second-order valence-corrected chi connectivity index (χ2v) is 5.19. The highest BCUT2D eigenvalue weighted by atomic mass is 35.5. The van der Waals surface area contributed by atoms with Crippen LogP contribution in [0.1, 0.15) is 25.3 Å². The molecule has 1 aliphatic heterocycles. The first kappa shape index (κ1) is 16.8. The van der Waals surface area contributed by atoms with Gasteiger partial charge in [-0.1, -0.05) is 11.6 Å². The molecule has 0 fully saturated rings. The molecular formula is C16H14ClFN2O3. The lowest BCUT2D eigenvalue weighted by Gasteiger charge is -2.27. The fourth-order valence-electron chi connectivity index (χ4n) is 2.40. The summed E-state index contributed by atoms with van der Waals surface area (Å²) in [6.07, 6.45) is 0. The molecule has 0 saturated heterocycles. The number of rotatable bonds is 3. The maximum absolute atomic E-state index is 13.7. The monoisotopic (exact) mass is 336 g/mol. The number of nitrogens with two attached hydrogens (primary N) is 1. The molecule has 0 amide bonds. The van der Waals surface area contributed by atoms with Crippen LogP contribution in [-0.2, 0) is 14.3 Å². The normalized spacial score (nSPS) is 17.6. The van der Waals surface area contributed by atoms with Gasteiger partial charge in [-0.05, 0) is 37.6 Å². The summed E-state index contributed by atoms with van der Waals surface area (Å²) in [5.41, 5.74) is 6.04. The molecule has 2 N–H and O–H groups in total. The third kappa shape index (κ3) is 3.15. The van der Waals surface area contributed by atoms with Crippen LogP contribution >= 0.6 is 11.6 Å². The van der Waals surface area contributed by atoms with Crippen molar-refractivity contribution < 1.29 is 18.7 Å². The predicted molar refractivity (Wildman–Crippen MR) is 81.4 cm³/mol. The number of halogens is 2. The quantitative estimate of drug-likeness (QED) is 0.857. The first-order valence-corrected chi connectivity index (χ1v) is 7.18. The van der Waals surface area contributed by atoms with Crippen molar-refractivity contribution in [1.29, 1.82) is 5.26 Å². The summed E-state index contributed by atoms with van der Waals surface area (Å²) in [7, 11) is 0. The molecule has 23 heavy (non-hydrogen) atoms. The number of hydrogen-bond acceptors (Lipinski definition) is 5. The second-order valence-electron chi connectivity index (χ2n) is 4.78. The molecule has 0 aromatic heterocycles. The molecule has 0 saturated carbocycles. The van der Waals surface area contributed by atoms with Gasteiger partial charge in [-0.3, -0.25) is 0 Å². The van der Waals surface area contributed by atoms with Crippen molar-refractivity contribution in [3.05, 3.63) is 57.4 Å². The van der Waals surface area contributed by atoms with Crippen molar-refractivity contribution in [2.24, 2.45) is 5.73 Å². The van der Waals surface area contributed by atoms with E-state index in [2.05, 4.69) is 0 Å². The minimum atomic E-state index is -0.948. The lowest BCUT2D eigenvalue weighted by atomic mass is 9.83. The van der Waals surface area contributed by atoms with E-state index in [4.69, 9.17) is 26.8 Å². The lowest BCUT2D eigenvalue weighted by molar-refractivity contribution is -0.139. The smallest absolute Gasteiger partial charge is 0.338 e. The van der Waals surface area contributed by atoms with E-state index in [0.29, 0.717) is 0 Å². The summed E-state index contributed by atoms with van der Waals surface area (Å²) in [6.45, 7) is 3.31. The Morgan fingerprint density at radius 1 is 1.57 bits per heavy atom. The Bertz CT molecular complexity index is 765. The van der Waals surface area contributed by atoms with E-state index in [1.165, 1.54) is 19.1 Å². The minimum absolute atomic E-state index is 0.0221. The number of esters is 1. The van der Waals surface area contributed by atoms with Crippen LogP contribution in [0, 0.1) is 17.1 Å². The van der Waals surface area contributed by atoms with Gasteiger partial charge in [0.15, 0.2) is 0 Å². The Kier molecular flexibility index (Phi) is 4.92. The Morgan fingerprint density at radius 2 is 2.26 bits per heavy atom. The summed E-state index contributed by atoms with van der Waals surface area (Å²) in [6, 6.07) is 5.60. The van der Waals surface area contributed by atoms with Crippen molar-refractivity contribution in [3.63, 3.8) is 0 Å². The molecule has 0 radical (unpaired) electrons. The minimum Gasteiger partial charge on any atom is -0.463 e. The molecule has 1 heterocycles. The lowest BCUT2D eigenvalue weighted by Crippen LogP contribution is -2.25. The number of carbonyl (C=O) groups is 1. The molecule has 0 bridgehead atoms. The molecule has 120 valence electrons. The van der Waals surface area contributed by atoms with Crippen molar-refractivity contribution in [3.8, 4) is 6.07 Å². The topological polar surface area (TPSA) is 85.3 Å². The predicted octanol–water partition coefficient (Wildman–Crippen LogP) is 3.12. The van der Waals surface area contributed by atoms with Crippen molar-refractivity contribution in [2.45, 2.75) is 19.8 Å². The van der Waals surface area contributed by atoms with E-state index in [0.717, 1.165) is 6.07 Å². The van der Waals surface area contributed by atoms with Crippen LogP contribution in [0.4, 0.5) is 4.39 Å². The Morgan fingerprint density at radius 3 is 2.87 bits per heavy atom. The zero-order chi connectivity index (χ0) is 17.1. The van der Waals surface area contributed by atoms with Gasteiger partial charge in [0.25, 0.3) is 0 Å². The molecule has 0 aliphatic carbocycles. The van der Waals surface area contributed by atoms with E-state index in [1.807, 2.05) is 6.07 Å². The zero-order valence-electron chi connectivity index (χ0n) is 12.5. The maximum atomic E-state index is 13.7. The first-order valence-electron chi connectivity index (χ1n) is 6.81. The third-order valence-corrected chi connectivity index (χ3v) is 3.71. The Hall–Kier alpha value is -2.52. The fourth-order valence-corrected chi connectivity index (χ4v) is 2.63. The number of hydrogen-bond donors (Lipinski definition) is 1. The Labute approximate surface area is 137 Å². The summed E-state index contributed by atoms with van der Waals surface area (Å²) in [5.74, 6) is -2.13. The third-order valence-electron chi connectivity index (χ3n) is 3.37. The number of carbonyl (C=O) groups excluding carboxylic acids is 1. The Balaban J connectivity index is 2.69. The second kappa shape index (κ2) is 6.71. The van der Waals surface area contributed by atoms with Crippen LogP contribution in [0.5, 0.6) is 0 Å². The van der Waals surface area contributed by atoms with Gasteiger partial charge in [-0.25, -0.2) is 9.18 Å². The number of nitriles is 1. The van der Waals surface area contributed by atoms with E-state index in [-0.39, 0.29) is 40.0 Å². The van der Waals surface area contributed by atoms with Crippen LogP contribution in [-0.4, -0.2) is 12.6 Å². The molecule has 1 aromatic rings. The standard InChI is InChI=1S/C16H14ClFN2O3/c1-3-22-16(21)13-8(2)23-15(20)11(7-19)14(13)10-6-9(18)4-5-12(10)17/h4-6,14H,3,20H2,1-2H3. The summed E-state index contributed by atoms with van der Waals surface area (Å²) >= 11 is 6.14. The SMILES string of the molecule is CCOC(=O)C1=C(C)OC(N)=C(C#N)C1c1cc(F)ccc1Cl. The van der Waals surface area contributed by atoms with Crippen LogP contribution in [0.15, 0.2) is 41.0 Å². The van der Waals surface area contributed by atoms with Crippen LogP contribution < -0.4 is 5.73 Å². The molecule has 1 atom stereocenters. The van der Waals surface area contributed by atoms with Gasteiger partial charge in [0.2, 0.25) is 5.88 Å². The van der Waals surface area contributed by atoms with Gasteiger partial charge in [0, 0.05) is 5.02 Å². The number of nitrogens with zero attached hydrogens (tertiary/aromatic N) is 1. The van der Waals surface area contributed by atoms with Crippen molar-refractivity contribution in [2.75, 3.05) is 6.61 Å². The molecule has 7 heteroatoms. The summed E-state index contributed by atoms with van der Waals surface area (Å²) < 4.78 is 23.9. The summed E-state index contributed by atoms with van der Waals surface area (Å²) in [5, 5.41) is 9.59. The number of allylic oxidation sites excluding steroid dienone is 2. The van der Waals surface area contributed by atoms with Gasteiger partial charge < -0.3 is 15.2 Å². The first-order chi connectivity index (χ1) is 10.9. The average Bonchev–Trinajstić information content (AvgIpc) is 2.49. The number of benzene rings is 1. The van der Waals surface area contributed by atoms with Crippen LogP contribution in [0.3, 0.4) is 0 Å². The molecule has 0 spiro atoms. The largest absolute Gasteiger partial charge is 0.463 e. The van der Waals surface area contributed by atoms with E-state index >= 15 is 0 Å². The zero-order valence-corrected chi connectivity index (χ0v) is 13.3. The van der Waals surface area contributed by atoms with Crippen molar-refractivity contribution >= 4 is 17.6 Å². The van der Waals surface area contributed by atoms with Gasteiger partial charge in [-0.15, -0.1) is 0 Å². The van der Waals surface area contributed by atoms with Gasteiger partial charge in [0.05, 0.1) is 18.1 Å². The van der Waals surface area contributed by atoms with E-state index in [9.17, 15) is 14.4 Å². The molecule has 1 aliphatic rings. The number of ether oxygens (including phenoxy) is 2. The van der Waals surface area contributed by atoms with Gasteiger partial charge >= 0.3 is 5.97 Å². The van der Waals surface area contributed by atoms with E-state index < -0.39 is 17.7 Å². The maximum Gasteiger partial charge on any atom is 0.338 e. The molecule has 1 unspecified atom stereocenters. The summed E-state index contributed by atoms with van der Waals surface area (Å²) in [4.78, 5) is 12.3. The average molecular weight is 337 g/mol. The molecule has 1 aromatic carbocycles. The van der Waals surface area contributed by atoms with Crippen LogP contribution in [0.2, 0.25) is 5.02 Å². The van der Waals surface area contributed by atoms with Crippen LogP contribution in [0.25, 0.3) is 0 Å².